The van der Waals surface area contributed by atoms with Crippen LogP contribution in [-0.4, -0.2) is 17.9 Å². The molecule has 3 heteroatoms. The van der Waals surface area contributed by atoms with E-state index in [0.717, 1.165) is 6.42 Å². The lowest BCUT2D eigenvalue weighted by atomic mass is 9.98. The Morgan fingerprint density at radius 2 is 2.23 bits per heavy atom. The fourth-order valence-corrected chi connectivity index (χ4v) is 1.46. The molecule has 0 aromatic rings. The van der Waals surface area contributed by atoms with Crippen molar-refractivity contribution < 1.29 is 14.3 Å². The van der Waals surface area contributed by atoms with E-state index >= 15 is 0 Å². The van der Waals surface area contributed by atoms with Gasteiger partial charge in [-0.1, -0.05) is 19.4 Å². The van der Waals surface area contributed by atoms with Gasteiger partial charge in [0.2, 0.25) is 0 Å². The smallest absolute Gasteiger partial charge is 0.317 e. The third kappa shape index (κ3) is 1.97. The highest BCUT2D eigenvalue weighted by Crippen LogP contribution is 2.23. The number of ketones is 1. The molecule has 0 aliphatic carbocycles. The molecule has 0 saturated carbocycles. The van der Waals surface area contributed by atoms with Gasteiger partial charge < -0.3 is 4.74 Å². The molecular weight excluding hydrogens is 168 g/mol. The van der Waals surface area contributed by atoms with E-state index < -0.39 is 12.0 Å². The summed E-state index contributed by atoms with van der Waals surface area (Å²) in [4.78, 5) is 22.7. The Kier molecular flexibility index (Phi) is 3.23. The maximum atomic E-state index is 11.5. The van der Waals surface area contributed by atoms with Crippen LogP contribution in [0.2, 0.25) is 0 Å². The number of carbonyl (C=O) groups excluding carboxylic acids is 2. The topological polar surface area (TPSA) is 43.4 Å². The molecule has 0 spiro atoms. The van der Waals surface area contributed by atoms with E-state index in [-0.39, 0.29) is 11.8 Å². The average molecular weight is 182 g/mol. The number of hydrogen-bond acceptors (Lipinski definition) is 3. The van der Waals surface area contributed by atoms with Gasteiger partial charge in [0.05, 0.1) is 0 Å². The molecule has 1 heterocycles. The molecule has 0 unspecified atom stereocenters. The first-order chi connectivity index (χ1) is 6.20. The van der Waals surface area contributed by atoms with Crippen LogP contribution in [0.5, 0.6) is 0 Å². The molecule has 2 atom stereocenters. The number of allylic oxidation sites excluding steroid dienone is 1. The van der Waals surface area contributed by atoms with Crippen molar-refractivity contribution in [3.05, 3.63) is 12.7 Å². The lowest BCUT2D eigenvalue weighted by Gasteiger charge is -2.03. The molecule has 72 valence electrons. The van der Waals surface area contributed by atoms with Crippen molar-refractivity contribution in [2.24, 2.45) is 5.92 Å². The van der Waals surface area contributed by atoms with Gasteiger partial charge in [-0.3, -0.25) is 9.59 Å². The minimum absolute atomic E-state index is 0.0771. The number of Topliss-reactive ketones (excluding diaryl/α,β-unsaturated/α-hetero) is 1. The number of esters is 1. The predicted octanol–water partition coefficient (Wildman–Crippen LogP) is 1.47. The molecule has 13 heavy (non-hydrogen) atoms. The molecule has 1 aliphatic heterocycles. The molecule has 0 aromatic heterocycles. The summed E-state index contributed by atoms with van der Waals surface area (Å²) in [6.07, 6.45) is 2.97. The Hall–Kier alpha value is -1.12. The molecule has 0 N–H and O–H groups in total. The molecule has 3 nitrogen and oxygen atoms in total. The van der Waals surface area contributed by atoms with E-state index in [2.05, 4.69) is 6.58 Å². The maximum absolute atomic E-state index is 11.5. The van der Waals surface area contributed by atoms with E-state index in [1.165, 1.54) is 0 Å². The zero-order valence-electron chi connectivity index (χ0n) is 7.79. The summed E-state index contributed by atoms with van der Waals surface area (Å²) < 4.78 is 4.94. The van der Waals surface area contributed by atoms with Gasteiger partial charge >= 0.3 is 5.97 Å². The molecule has 1 saturated heterocycles. The Morgan fingerprint density at radius 3 is 2.77 bits per heavy atom. The highest BCUT2D eigenvalue weighted by molar-refractivity contribution is 6.06. The number of cyclic esters (lactones) is 1. The van der Waals surface area contributed by atoms with E-state index in [1.807, 2.05) is 6.92 Å². The molecule has 0 amide bonds. The summed E-state index contributed by atoms with van der Waals surface area (Å²) in [6, 6.07) is 0. The zero-order chi connectivity index (χ0) is 9.84. The summed E-state index contributed by atoms with van der Waals surface area (Å²) in [7, 11) is 0. The first-order valence-electron chi connectivity index (χ1n) is 4.55. The SMILES string of the molecule is C=CC[C@H]1C(=O)O[C@H](CCC)C1=O. The third-order valence-electron chi connectivity index (χ3n) is 2.16. The van der Waals surface area contributed by atoms with E-state index in [4.69, 9.17) is 4.74 Å². The van der Waals surface area contributed by atoms with Crippen molar-refractivity contribution in [1.29, 1.82) is 0 Å². The van der Waals surface area contributed by atoms with Crippen LogP contribution in [0.15, 0.2) is 12.7 Å². The molecule has 0 aromatic carbocycles. The molecule has 1 aliphatic rings. The summed E-state index contributed by atoms with van der Waals surface area (Å²) in [6.45, 7) is 5.46. The average Bonchev–Trinajstić information content (AvgIpc) is 2.34. The fourth-order valence-electron chi connectivity index (χ4n) is 1.46. The van der Waals surface area contributed by atoms with Crippen LogP contribution in [0.4, 0.5) is 0 Å². The first-order valence-corrected chi connectivity index (χ1v) is 4.55. The zero-order valence-corrected chi connectivity index (χ0v) is 7.79. The van der Waals surface area contributed by atoms with Crippen molar-refractivity contribution >= 4 is 11.8 Å². The number of ether oxygens (including phenoxy) is 1. The van der Waals surface area contributed by atoms with Crippen LogP contribution in [0.25, 0.3) is 0 Å². The van der Waals surface area contributed by atoms with Crippen molar-refractivity contribution in [2.45, 2.75) is 32.3 Å². The lowest BCUT2D eigenvalue weighted by molar-refractivity contribution is -0.144. The standard InChI is InChI=1S/C10H14O3/c1-3-5-7-9(11)8(6-4-2)13-10(7)12/h3,7-8H,1,4-6H2,2H3/t7-,8-/m1/s1. The predicted molar refractivity (Wildman–Crippen MR) is 48.1 cm³/mol. The highest BCUT2D eigenvalue weighted by Gasteiger charge is 2.41. The Bertz CT molecular complexity index is 232. The van der Waals surface area contributed by atoms with Gasteiger partial charge in [0.25, 0.3) is 0 Å². The van der Waals surface area contributed by atoms with E-state index in [1.54, 1.807) is 6.08 Å². The van der Waals surface area contributed by atoms with Crippen LogP contribution < -0.4 is 0 Å². The minimum atomic E-state index is -0.589. The van der Waals surface area contributed by atoms with E-state index in [9.17, 15) is 9.59 Å². The van der Waals surface area contributed by atoms with Crippen molar-refractivity contribution in [2.75, 3.05) is 0 Å². The number of carbonyl (C=O) groups is 2. The van der Waals surface area contributed by atoms with Gasteiger partial charge in [-0.25, -0.2) is 0 Å². The molecule has 0 radical (unpaired) electrons. The minimum Gasteiger partial charge on any atom is -0.454 e. The Labute approximate surface area is 77.8 Å². The van der Waals surface area contributed by atoms with Gasteiger partial charge in [0.15, 0.2) is 11.9 Å². The summed E-state index contributed by atoms with van der Waals surface area (Å²) in [5, 5.41) is 0. The number of hydrogen-bond donors (Lipinski definition) is 0. The first kappa shape index (κ1) is 9.96. The molecule has 0 bridgehead atoms. The third-order valence-corrected chi connectivity index (χ3v) is 2.16. The van der Waals surface area contributed by atoms with Gasteiger partial charge in [0, 0.05) is 0 Å². The number of rotatable bonds is 4. The highest BCUT2D eigenvalue weighted by atomic mass is 16.6. The van der Waals surface area contributed by atoms with Crippen molar-refractivity contribution in [3.63, 3.8) is 0 Å². The lowest BCUT2D eigenvalue weighted by Crippen LogP contribution is -2.19. The quantitative estimate of drug-likeness (QED) is 0.375. The molecule has 1 fully saturated rings. The monoisotopic (exact) mass is 182 g/mol. The molecular formula is C10H14O3. The Morgan fingerprint density at radius 1 is 1.54 bits per heavy atom. The second-order valence-electron chi connectivity index (χ2n) is 3.19. The van der Waals surface area contributed by atoms with Crippen LogP contribution in [0, 0.1) is 5.92 Å². The van der Waals surface area contributed by atoms with Gasteiger partial charge in [0.1, 0.15) is 5.92 Å². The van der Waals surface area contributed by atoms with Gasteiger partial charge in [-0.15, -0.1) is 6.58 Å². The molecule has 1 rings (SSSR count). The summed E-state index contributed by atoms with van der Waals surface area (Å²) in [5.74, 6) is -1.05. The second kappa shape index (κ2) is 4.21. The van der Waals surface area contributed by atoms with Crippen molar-refractivity contribution in [3.8, 4) is 0 Å². The summed E-state index contributed by atoms with van der Waals surface area (Å²) >= 11 is 0. The van der Waals surface area contributed by atoms with Crippen LogP contribution in [0.1, 0.15) is 26.2 Å². The van der Waals surface area contributed by atoms with Crippen LogP contribution >= 0.6 is 0 Å². The fraction of sp³-hybridized carbons (Fsp3) is 0.600. The van der Waals surface area contributed by atoms with Crippen LogP contribution in [-0.2, 0) is 14.3 Å². The van der Waals surface area contributed by atoms with E-state index in [0.29, 0.717) is 12.8 Å². The van der Waals surface area contributed by atoms with Crippen molar-refractivity contribution in [1.82, 2.24) is 0 Å². The Balaban J connectivity index is 2.63. The van der Waals surface area contributed by atoms with Crippen LogP contribution in [0.3, 0.4) is 0 Å². The second-order valence-corrected chi connectivity index (χ2v) is 3.19. The normalized spacial score (nSPS) is 27.5. The largest absolute Gasteiger partial charge is 0.454 e. The van der Waals surface area contributed by atoms with Gasteiger partial charge in [-0.2, -0.15) is 0 Å². The maximum Gasteiger partial charge on any atom is 0.317 e. The van der Waals surface area contributed by atoms with Gasteiger partial charge in [-0.05, 0) is 12.8 Å². The summed E-state index contributed by atoms with van der Waals surface area (Å²) in [5.41, 5.74) is 0.